The fraction of sp³-hybridized carbons (Fsp3) is 1.00. The molecule has 2 atom stereocenters. The molecular weight excluding hydrogens is 157 g/mol. The molecule has 0 amide bonds. The minimum Gasteiger partial charge on any atom is -0.393 e. The van der Waals surface area contributed by atoms with Gasteiger partial charge >= 0.3 is 0 Å². The van der Waals surface area contributed by atoms with Gasteiger partial charge in [0.15, 0.2) is 0 Å². The average Bonchev–Trinajstić information content (AvgIpc) is 2.46. The maximum atomic E-state index is 11.7. The van der Waals surface area contributed by atoms with Gasteiger partial charge in [-0.15, -0.1) is 0 Å². The Morgan fingerprint density at radius 1 is 1.42 bits per heavy atom. The highest BCUT2D eigenvalue weighted by Gasteiger charge is 2.24. The molecule has 2 N–H and O–H groups in total. The molecule has 1 fully saturated rings. The maximum Gasteiger partial charge on any atom is 0.0906 e. The minimum absolute atomic E-state index is 0.122. The number of hydrogen-bond donors (Lipinski definition) is 2. The molecule has 1 aliphatic carbocycles. The highest BCUT2D eigenvalue weighted by atomic mass is 19.1. The van der Waals surface area contributed by atoms with Gasteiger partial charge in [0.1, 0.15) is 0 Å². The van der Waals surface area contributed by atoms with Crippen molar-refractivity contribution in [3.63, 3.8) is 0 Å². The first-order valence-corrected chi connectivity index (χ1v) is 4.79. The molecule has 3 heteroatoms. The predicted molar refractivity (Wildman–Crippen MR) is 46.8 cm³/mol. The van der Waals surface area contributed by atoms with E-state index in [1.165, 1.54) is 0 Å². The summed E-state index contributed by atoms with van der Waals surface area (Å²) in [6.45, 7) is 1.33. The minimum atomic E-state index is -0.250. The lowest BCUT2D eigenvalue weighted by Gasteiger charge is -2.14. The molecular formula is C9H18FNO. The van der Waals surface area contributed by atoms with Gasteiger partial charge < -0.3 is 10.4 Å². The van der Waals surface area contributed by atoms with Crippen LogP contribution in [0.2, 0.25) is 0 Å². The normalized spacial score (nSPS) is 29.5. The van der Waals surface area contributed by atoms with Crippen LogP contribution in [0.15, 0.2) is 0 Å². The number of alkyl halides is 1. The average molecular weight is 175 g/mol. The van der Waals surface area contributed by atoms with Crippen LogP contribution in [0.4, 0.5) is 4.39 Å². The van der Waals surface area contributed by atoms with Gasteiger partial charge in [-0.25, -0.2) is 0 Å². The van der Waals surface area contributed by atoms with E-state index in [0.29, 0.717) is 12.3 Å². The zero-order chi connectivity index (χ0) is 8.81. The van der Waals surface area contributed by atoms with Crippen molar-refractivity contribution in [3.8, 4) is 0 Å². The first kappa shape index (κ1) is 9.93. The summed E-state index contributed by atoms with van der Waals surface area (Å²) >= 11 is 0. The van der Waals surface area contributed by atoms with E-state index in [-0.39, 0.29) is 12.8 Å². The van der Waals surface area contributed by atoms with E-state index in [1.54, 1.807) is 0 Å². The van der Waals surface area contributed by atoms with E-state index in [1.807, 2.05) is 0 Å². The second-order valence-corrected chi connectivity index (χ2v) is 3.50. The highest BCUT2D eigenvalue weighted by molar-refractivity contribution is 4.77. The molecule has 0 aromatic carbocycles. The van der Waals surface area contributed by atoms with Crippen LogP contribution in [0.1, 0.15) is 25.7 Å². The van der Waals surface area contributed by atoms with Crippen LogP contribution in [-0.4, -0.2) is 31.0 Å². The summed E-state index contributed by atoms with van der Waals surface area (Å²) in [5.74, 6) is 0.407. The molecule has 1 saturated carbocycles. The molecule has 2 nitrogen and oxygen atoms in total. The van der Waals surface area contributed by atoms with Crippen LogP contribution in [0, 0.1) is 5.92 Å². The third-order valence-corrected chi connectivity index (χ3v) is 2.51. The highest BCUT2D eigenvalue weighted by Crippen LogP contribution is 2.24. The quantitative estimate of drug-likeness (QED) is 0.613. The molecule has 2 unspecified atom stereocenters. The summed E-state index contributed by atoms with van der Waals surface area (Å²) in [6.07, 6.45) is 3.65. The number of halogens is 1. The Balaban J connectivity index is 1.98. The lowest BCUT2D eigenvalue weighted by molar-refractivity contribution is 0.131. The maximum absolute atomic E-state index is 11.7. The molecule has 1 rings (SSSR count). The Hall–Kier alpha value is -0.150. The van der Waals surface area contributed by atoms with Gasteiger partial charge in [-0.1, -0.05) is 6.42 Å². The van der Waals surface area contributed by atoms with Crippen molar-refractivity contribution in [2.45, 2.75) is 31.8 Å². The third kappa shape index (κ3) is 3.07. The fourth-order valence-corrected chi connectivity index (χ4v) is 1.73. The lowest BCUT2D eigenvalue weighted by atomic mass is 10.1. The predicted octanol–water partition coefficient (Wildman–Crippen LogP) is 1.10. The van der Waals surface area contributed by atoms with Crippen LogP contribution in [-0.2, 0) is 0 Å². The second-order valence-electron chi connectivity index (χ2n) is 3.50. The van der Waals surface area contributed by atoms with Crippen molar-refractivity contribution in [2.75, 3.05) is 19.8 Å². The smallest absolute Gasteiger partial charge is 0.0906 e. The summed E-state index contributed by atoms with van der Waals surface area (Å²) < 4.78 is 11.7. The molecule has 72 valence electrons. The molecule has 0 saturated heterocycles. The summed E-state index contributed by atoms with van der Waals surface area (Å²) in [7, 11) is 0. The standard InChI is InChI=1S/C9H18FNO/c10-5-2-6-11-7-8-3-1-4-9(8)12/h8-9,11-12H,1-7H2. The third-order valence-electron chi connectivity index (χ3n) is 2.51. The van der Waals surface area contributed by atoms with Crippen LogP contribution < -0.4 is 5.32 Å². The van der Waals surface area contributed by atoms with Crippen LogP contribution in [0.3, 0.4) is 0 Å². The summed E-state index contributed by atoms with van der Waals surface area (Å²) in [5, 5.41) is 12.6. The van der Waals surface area contributed by atoms with Gasteiger partial charge in [0.25, 0.3) is 0 Å². The summed E-state index contributed by atoms with van der Waals surface area (Å²) in [6, 6.07) is 0. The van der Waals surface area contributed by atoms with Gasteiger partial charge in [-0.2, -0.15) is 0 Å². The molecule has 0 heterocycles. The number of aliphatic hydroxyl groups excluding tert-OH is 1. The van der Waals surface area contributed by atoms with Crippen molar-refractivity contribution < 1.29 is 9.50 Å². The van der Waals surface area contributed by atoms with Gasteiger partial charge in [0.2, 0.25) is 0 Å². The number of nitrogens with one attached hydrogen (secondary N) is 1. The van der Waals surface area contributed by atoms with Crippen molar-refractivity contribution in [1.29, 1.82) is 0 Å². The Kier molecular flexibility index (Phi) is 4.54. The van der Waals surface area contributed by atoms with Crippen molar-refractivity contribution in [2.24, 2.45) is 5.92 Å². The van der Waals surface area contributed by atoms with Gasteiger partial charge in [0.05, 0.1) is 12.8 Å². The lowest BCUT2D eigenvalue weighted by Crippen LogP contribution is -2.28. The fourth-order valence-electron chi connectivity index (χ4n) is 1.73. The first-order valence-electron chi connectivity index (χ1n) is 4.79. The molecule has 0 aromatic heterocycles. The van der Waals surface area contributed by atoms with Crippen LogP contribution in [0.5, 0.6) is 0 Å². The van der Waals surface area contributed by atoms with E-state index in [0.717, 1.165) is 32.4 Å². The zero-order valence-electron chi connectivity index (χ0n) is 7.43. The number of rotatable bonds is 5. The zero-order valence-corrected chi connectivity index (χ0v) is 7.43. The number of hydrogen-bond acceptors (Lipinski definition) is 2. The monoisotopic (exact) mass is 175 g/mol. The first-order chi connectivity index (χ1) is 5.84. The van der Waals surface area contributed by atoms with E-state index in [9.17, 15) is 9.50 Å². The Bertz CT molecular complexity index is 121. The van der Waals surface area contributed by atoms with E-state index < -0.39 is 0 Å². The van der Waals surface area contributed by atoms with Gasteiger partial charge in [-0.05, 0) is 31.7 Å². The molecule has 0 aliphatic heterocycles. The Labute approximate surface area is 73.2 Å². The molecule has 12 heavy (non-hydrogen) atoms. The van der Waals surface area contributed by atoms with Crippen LogP contribution >= 0.6 is 0 Å². The number of aliphatic hydroxyl groups is 1. The molecule has 1 aliphatic rings. The Morgan fingerprint density at radius 2 is 2.25 bits per heavy atom. The Morgan fingerprint density at radius 3 is 2.83 bits per heavy atom. The molecule has 0 spiro atoms. The molecule has 0 bridgehead atoms. The molecule has 0 radical (unpaired) electrons. The van der Waals surface area contributed by atoms with E-state index in [4.69, 9.17) is 0 Å². The van der Waals surface area contributed by atoms with Crippen molar-refractivity contribution in [1.82, 2.24) is 5.32 Å². The van der Waals surface area contributed by atoms with Crippen molar-refractivity contribution >= 4 is 0 Å². The van der Waals surface area contributed by atoms with E-state index >= 15 is 0 Å². The topological polar surface area (TPSA) is 32.3 Å². The summed E-state index contributed by atoms with van der Waals surface area (Å²) in [5.41, 5.74) is 0. The van der Waals surface area contributed by atoms with Gasteiger partial charge in [-0.3, -0.25) is 4.39 Å². The van der Waals surface area contributed by atoms with Crippen LogP contribution in [0.25, 0.3) is 0 Å². The summed E-state index contributed by atoms with van der Waals surface area (Å²) in [4.78, 5) is 0. The SMILES string of the molecule is OC1CCCC1CNCCCF. The second kappa shape index (κ2) is 5.49. The van der Waals surface area contributed by atoms with E-state index in [2.05, 4.69) is 5.32 Å². The largest absolute Gasteiger partial charge is 0.393 e. The van der Waals surface area contributed by atoms with Gasteiger partial charge in [0, 0.05) is 6.54 Å². The molecule has 0 aromatic rings. The van der Waals surface area contributed by atoms with Crippen molar-refractivity contribution in [3.05, 3.63) is 0 Å².